The lowest BCUT2D eigenvalue weighted by atomic mass is 10.1. The molecule has 0 aliphatic carbocycles. The van der Waals surface area contributed by atoms with E-state index in [1.807, 2.05) is 0 Å². The van der Waals surface area contributed by atoms with Crippen molar-refractivity contribution in [3.63, 3.8) is 0 Å². The van der Waals surface area contributed by atoms with Gasteiger partial charge in [-0.1, -0.05) is 58.7 Å². The van der Waals surface area contributed by atoms with Gasteiger partial charge >= 0.3 is 6.18 Å². The van der Waals surface area contributed by atoms with Crippen molar-refractivity contribution in [2.45, 2.75) is 12.7 Å². The molecule has 0 atom stereocenters. The monoisotopic (exact) mass is 515 g/mol. The predicted molar refractivity (Wildman–Crippen MR) is 126 cm³/mol. The molecule has 5 rings (SSSR count). The molecule has 3 aromatic carbocycles. The summed E-state index contributed by atoms with van der Waals surface area (Å²) in [5.74, 6) is -1.49. The van der Waals surface area contributed by atoms with E-state index >= 15 is 0 Å². The summed E-state index contributed by atoms with van der Waals surface area (Å²) >= 11 is 12.0. The van der Waals surface area contributed by atoms with Gasteiger partial charge in [-0.2, -0.15) is 18.2 Å². The van der Waals surface area contributed by atoms with Gasteiger partial charge in [-0.15, -0.1) is 0 Å². The van der Waals surface area contributed by atoms with Gasteiger partial charge in [0.25, 0.3) is 5.89 Å². The second-order valence-electron chi connectivity index (χ2n) is 7.71. The first-order chi connectivity index (χ1) is 16.7. The van der Waals surface area contributed by atoms with E-state index in [0.29, 0.717) is 16.1 Å². The van der Waals surface area contributed by atoms with E-state index in [2.05, 4.69) is 10.1 Å². The Morgan fingerprint density at radius 1 is 0.943 bits per heavy atom. The van der Waals surface area contributed by atoms with E-state index in [9.17, 15) is 18.0 Å². The lowest BCUT2D eigenvalue weighted by Gasteiger charge is -2.14. The van der Waals surface area contributed by atoms with Crippen LogP contribution in [-0.2, 0) is 12.7 Å². The summed E-state index contributed by atoms with van der Waals surface area (Å²) in [7, 11) is 0. The van der Waals surface area contributed by atoms with E-state index in [1.165, 1.54) is 18.2 Å². The maximum absolute atomic E-state index is 14.5. The molecular weight excluding hydrogens is 502 g/mol. The molecule has 0 saturated heterocycles. The third-order valence-electron chi connectivity index (χ3n) is 5.42. The minimum absolute atomic E-state index is 0.0189. The number of benzene rings is 3. The predicted octanol–water partition coefficient (Wildman–Crippen LogP) is 7.30. The van der Waals surface area contributed by atoms with Gasteiger partial charge in [0, 0.05) is 33.1 Å². The van der Waals surface area contributed by atoms with Crippen LogP contribution in [0.2, 0.25) is 10.0 Å². The van der Waals surface area contributed by atoms with Crippen molar-refractivity contribution in [3.05, 3.63) is 105 Å². The molecule has 176 valence electrons. The van der Waals surface area contributed by atoms with Crippen LogP contribution in [-0.4, -0.2) is 20.5 Å². The number of hydrogen-bond donors (Lipinski definition) is 0. The third kappa shape index (κ3) is 4.42. The molecule has 0 N–H and O–H groups in total. The van der Waals surface area contributed by atoms with Crippen LogP contribution >= 0.6 is 23.2 Å². The second kappa shape index (κ2) is 8.87. The number of carbonyl (C=O) groups excluding carboxylic acids is 1. The smallest absolute Gasteiger partial charge is 0.333 e. The summed E-state index contributed by atoms with van der Waals surface area (Å²) in [5, 5.41) is 4.34. The zero-order chi connectivity index (χ0) is 24.7. The number of rotatable bonds is 5. The van der Waals surface area contributed by atoms with Gasteiger partial charge in [0.05, 0.1) is 5.56 Å². The van der Waals surface area contributed by atoms with Crippen molar-refractivity contribution in [3.8, 4) is 11.5 Å². The highest BCUT2D eigenvalue weighted by Gasteiger charge is 2.42. The number of ketones is 1. The molecule has 0 aliphatic heterocycles. The Kier molecular flexibility index (Phi) is 5.86. The zero-order valence-corrected chi connectivity index (χ0v) is 19.2. The van der Waals surface area contributed by atoms with Crippen molar-refractivity contribution in [1.82, 2.24) is 14.7 Å². The molecule has 5 aromatic rings. The highest BCUT2D eigenvalue weighted by atomic mass is 35.5. The van der Waals surface area contributed by atoms with E-state index in [4.69, 9.17) is 27.7 Å². The molecule has 2 aromatic heterocycles. The Balaban J connectivity index is 1.70. The van der Waals surface area contributed by atoms with Gasteiger partial charge in [-0.05, 0) is 48.0 Å². The van der Waals surface area contributed by atoms with Crippen molar-refractivity contribution >= 4 is 39.9 Å². The van der Waals surface area contributed by atoms with Gasteiger partial charge in [-0.25, -0.2) is 0 Å². The Morgan fingerprint density at radius 2 is 1.63 bits per heavy atom. The molecule has 2 heterocycles. The number of alkyl halides is 3. The van der Waals surface area contributed by atoms with Crippen LogP contribution in [0.5, 0.6) is 0 Å². The van der Waals surface area contributed by atoms with Crippen LogP contribution in [0, 0.1) is 0 Å². The highest BCUT2D eigenvalue weighted by Crippen LogP contribution is 2.40. The Bertz CT molecular complexity index is 1540. The first-order valence-corrected chi connectivity index (χ1v) is 11.0. The minimum atomic E-state index is -4.87. The summed E-state index contributed by atoms with van der Waals surface area (Å²) < 4.78 is 49.6. The summed E-state index contributed by atoms with van der Waals surface area (Å²) in [6.07, 6.45) is -4.87. The maximum atomic E-state index is 14.5. The Labute approximate surface area is 206 Å². The molecule has 0 unspecified atom stereocenters. The topological polar surface area (TPSA) is 60.9 Å². The molecule has 35 heavy (non-hydrogen) atoms. The van der Waals surface area contributed by atoms with Crippen molar-refractivity contribution < 1.29 is 22.5 Å². The van der Waals surface area contributed by atoms with Crippen LogP contribution in [0.3, 0.4) is 0 Å². The summed E-state index contributed by atoms with van der Waals surface area (Å²) in [5.41, 5.74) is -0.433. The SMILES string of the molecule is O=C(c1noc(-c2ccccc2)n1)c1c(C(F)(F)F)n(Cc2ccc(Cl)cc2)c2ccc(Cl)cc12. The van der Waals surface area contributed by atoms with Gasteiger partial charge in [0.15, 0.2) is 0 Å². The van der Waals surface area contributed by atoms with Crippen LogP contribution in [0.4, 0.5) is 13.2 Å². The van der Waals surface area contributed by atoms with Crippen LogP contribution < -0.4 is 0 Å². The van der Waals surface area contributed by atoms with Gasteiger partial charge in [0.1, 0.15) is 5.69 Å². The van der Waals surface area contributed by atoms with E-state index in [1.54, 1.807) is 54.6 Å². The molecule has 0 fully saturated rings. The third-order valence-corrected chi connectivity index (χ3v) is 5.91. The minimum Gasteiger partial charge on any atom is -0.333 e. The fourth-order valence-corrected chi connectivity index (χ4v) is 4.21. The number of nitrogens with zero attached hydrogens (tertiary/aromatic N) is 3. The van der Waals surface area contributed by atoms with Crippen molar-refractivity contribution in [2.24, 2.45) is 0 Å². The molecule has 0 saturated carbocycles. The molecule has 5 nitrogen and oxygen atoms in total. The number of carbonyl (C=O) groups is 1. The van der Waals surface area contributed by atoms with Crippen LogP contribution in [0.1, 0.15) is 27.4 Å². The first-order valence-electron chi connectivity index (χ1n) is 10.3. The molecule has 0 aliphatic rings. The molecule has 0 spiro atoms. The maximum Gasteiger partial charge on any atom is 0.432 e. The van der Waals surface area contributed by atoms with Crippen molar-refractivity contribution in [2.75, 3.05) is 0 Å². The zero-order valence-electron chi connectivity index (χ0n) is 17.7. The number of fused-ring (bicyclic) bond motifs is 1. The number of halogens is 5. The fraction of sp³-hybridized carbons (Fsp3) is 0.0800. The largest absolute Gasteiger partial charge is 0.432 e. The Hall–Kier alpha value is -3.62. The quantitative estimate of drug-likeness (QED) is 0.230. The number of hydrogen-bond acceptors (Lipinski definition) is 4. The van der Waals surface area contributed by atoms with Gasteiger partial charge in [-0.3, -0.25) is 4.79 Å². The average molecular weight is 516 g/mol. The molecule has 0 bridgehead atoms. The fourth-order valence-electron chi connectivity index (χ4n) is 3.91. The molecular formula is C25H14Cl2F3N3O2. The lowest BCUT2D eigenvalue weighted by Crippen LogP contribution is -2.19. The second-order valence-corrected chi connectivity index (χ2v) is 8.59. The summed E-state index contributed by atoms with van der Waals surface area (Å²) in [6, 6.07) is 19.3. The van der Waals surface area contributed by atoms with E-state index in [0.717, 1.165) is 4.57 Å². The molecule has 0 radical (unpaired) electrons. The summed E-state index contributed by atoms with van der Waals surface area (Å²) in [4.78, 5) is 17.5. The normalized spacial score (nSPS) is 11.8. The van der Waals surface area contributed by atoms with E-state index < -0.39 is 29.0 Å². The Morgan fingerprint density at radius 3 is 2.31 bits per heavy atom. The van der Waals surface area contributed by atoms with Crippen molar-refractivity contribution in [1.29, 1.82) is 0 Å². The van der Waals surface area contributed by atoms with Crippen LogP contribution in [0.15, 0.2) is 77.3 Å². The molecule has 0 amide bonds. The van der Waals surface area contributed by atoms with Gasteiger partial charge < -0.3 is 9.09 Å². The standard InChI is InChI=1S/C25H14Cl2F3N3O2/c26-16-8-6-14(7-9-16)13-33-19-11-10-17(27)12-18(19)20(22(33)25(28,29)30)21(34)23-31-24(35-32-23)15-4-2-1-3-5-15/h1-12H,13H2. The van der Waals surface area contributed by atoms with Crippen LogP contribution in [0.25, 0.3) is 22.4 Å². The van der Waals surface area contributed by atoms with Gasteiger partial charge in [0.2, 0.25) is 11.6 Å². The average Bonchev–Trinajstić information content (AvgIpc) is 3.44. The molecule has 10 heteroatoms. The van der Waals surface area contributed by atoms with E-state index in [-0.39, 0.29) is 28.4 Å². The highest BCUT2D eigenvalue weighted by molar-refractivity contribution is 6.32. The number of aromatic nitrogens is 3. The summed E-state index contributed by atoms with van der Waals surface area (Å²) in [6.45, 7) is -0.154. The first kappa shape index (κ1) is 23.1. The lowest BCUT2D eigenvalue weighted by molar-refractivity contribution is -0.143.